The van der Waals surface area contributed by atoms with E-state index in [0.29, 0.717) is 0 Å². The molecule has 0 aromatic rings. The van der Waals surface area contributed by atoms with Gasteiger partial charge in [-0.1, -0.05) is 0 Å². The molecule has 1 fully saturated rings. The molecule has 11 heavy (non-hydrogen) atoms. The van der Waals surface area contributed by atoms with Gasteiger partial charge in [0.25, 0.3) is 0 Å². The Balaban J connectivity index is 2.89. The SMILES string of the molecule is FC1(F)SC(F)(F)C(F)(F)S1. The summed E-state index contributed by atoms with van der Waals surface area (Å²) in [5, 5.41) is -9.36. The summed E-state index contributed by atoms with van der Waals surface area (Å²) in [4.78, 5) is 0. The summed E-state index contributed by atoms with van der Waals surface area (Å²) in [5.41, 5.74) is 0. The van der Waals surface area contributed by atoms with Crippen LogP contribution in [0.3, 0.4) is 0 Å². The molecule has 1 heterocycles. The van der Waals surface area contributed by atoms with Crippen LogP contribution in [-0.2, 0) is 0 Å². The highest BCUT2D eigenvalue weighted by Gasteiger charge is 2.72. The zero-order valence-electron chi connectivity index (χ0n) is 4.58. The number of rotatable bonds is 0. The number of hydrogen-bond acceptors (Lipinski definition) is 2. The van der Waals surface area contributed by atoms with Crippen molar-refractivity contribution in [3.63, 3.8) is 0 Å². The van der Waals surface area contributed by atoms with E-state index in [1.165, 1.54) is 0 Å². The molecule has 0 unspecified atom stereocenters. The smallest absolute Gasteiger partial charge is 0.186 e. The van der Waals surface area contributed by atoms with Gasteiger partial charge in [0.05, 0.1) is 0 Å². The first kappa shape index (κ1) is 9.37. The summed E-state index contributed by atoms with van der Waals surface area (Å²) in [5.74, 6) is 0. The van der Waals surface area contributed by atoms with Crippen LogP contribution in [0.15, 0.2) is 0 Å². The lowest BCUT2D eigenvalue weighted by atomic mass is 10.7. The van der Waals surface area contributed by atoms with Gasteiger partial charge >= 0.3 is 15.1 Å². The number of hydrogen-bond donors (Lipinski definition) is 0. The van der Waals surface area contributed by atoms with E-state index in [0.717, 1.165) is 0 Å². The van der Waals surface area contributed by atoms with Crippen molar-refractivity contribution in [1.29, 1.82) is 0 Å². The minimum absolute atomic E-state index is 1.32. The second kappa shape index (κ2) is 2.15. The van der Waals surface area contributed by atoms with E-state index < -0.39 is 38.6 Å². The molecular formula is C3F6S2. The van der Waals surface area contributed by atoms with Gasteiger partial charge in [-0.3, -0.25) is 0 Å². The molecule has 0 bridgehead atoms. The molecule has 0 aliphatic carbocycles. The first-order chi connectivity index (χ1) is 4.66. The average molecular weight is 214 g/mol. The van der Waals surface area contributed by atoms with Crippen LogP contribution in [0.25, 0.3) is 0 Å². The minimum Gasteiger partial charge on any atom is -0.186 e. The lowest BCUT2D eigenvalue weighted by Gasteiger charge is -2.13. The molecule has 0 saturated carbocycles. The predicted molar refractivity (Wildman–Crippen MR) is 30.0 cm³/mol. The predicted octanol–water partition coefficient (Wildman–Crippen LogP) is 3.20. The van der Waals surface area contributed by atoms with Crippen molar-refractivity contribution in [2.75, 3.05) is 0 Å². The third-order valence-electron chi connectivity index (χ3n) is 0.833. The molecule has 0 amide bonds. The summed E-state index contributed by atoms with van der Waals surface area (Å²) in [6.07, 6.45) is 0. The van der Waals surface area contributed by atoms with Crippen LogP contribution in [-0.4, -0.2) is 15.1 Å². The number of alkyl halides is 6. The highest BCUT2D eigenvalue weighted by molar-refractivity contribution is 8.22. The standard InChI is InChI=1S/C3F6S2/c4-1(5)2(6,7)11-3(8,9)10-1. The van der Waals surface area contributed by atoms with Crippen molar-refractivity contribution in [2.24, 2.45) is 0 Å². The van der Waals surface area contributed by atoms with E-state index >= 15 is 0 Å². The Morgan fingerprint density at radius 3 is 1.00 bits per heavy atom. The number of thioether (sulfide) groups is 2. The van der Waals surface area contributed by atoms with Crippen molar-refractivity contribution < 1.29 is 26.3 Å². The minimum atomic E-state index is -4.68. The highest BCUT2D eigenvalue weighted by Crippen LogP contribution is 2.68. The number of halogens is 6. The molecule has 1 aliphatic heterocycles. The monoisotopic (exact) mass is 214 g/mol. The van der Waals surface area contributed by atoms with E-state index in [1.807, 2.05) is 0 Å². The Kier molecular flexibility index (Phi) is 1.83. The summed E-state index contributed by atoms with van der Waals surface area (Å²) in [6, 6.07) is 0. The Bertz CT molecular complexity index is 159. The van der Waals surface area contributed by atoms with Gasteiger partial charge < -0.3 is 0 Å². The molecule has 0 radical (unpaired) electrons. The zero-order valence-corrected chi connectivity index (χ0v) is 6.22. The van der Waals surface area contributed by atoms with E-state index in [4.69, 9.17) is 0 Å². The van der Waals surface area contributed by atoms with Crippen molar-refractivity contribution in [3.05, 3.63) is 0 Å². The van der Waals surface area contributed by atoms with Gasteiger partial charge in [0.2, 0.25) is 0 Å². The van der Waals surface area contributed by atoms with Gasteiger partial charge in [0.1, 0.15) is 0 Å². The Labute approximate surface area is 65.7 Å². The third kappa shape index (κ3) is 1.56. The van der Waals surface area contributed by atoms with Crippen LogP contribution in [0.4, 0.5) is 26.3 Å². The van der Waals surface area contributed by atoms with E-state index in [1.54, 1.807) is 0 Å². The van der Waals surface area contributed by atoms with Crippen LogP contribution in [0, 0.1) is 0 Å². The van der Waals surface area contributed by atoms with Gasteiger partial charge in [-0.2, -0.15) is 26.3 Å². The zero-order chi connectivity index (χ0) is 8.91. The van der Waals surface area contributed by atoms with Gasteiger partial charge in [0, 0.05) is 23.5 Å². The van der Waals surface area contributed by atoms with Gasteiger partial charge in [-0.15, -0.1) is 0 Å². The fourth-order valence-corrected chi connectivity index (χ4v) is 2.32. The molecule has 1 saturated heterocycles. The van der Waals surface area contributed by atoms with Crippen LogP contribution >= 0.6 is 23.5 Å². The maximum Gasteiger partial charge on any atom is 0.372 e. The Morgan fingerprint density at radius 2 is 0.909 bits per heavy atom. The van der Waals surface area contributed by atoms with Crippen LogP contribution < -0.4 is 0 Å². The molecule has 0 N–H and O–H groups in total. The van der Waals surface area contributed by atoms with Crippen molar-refractivity contribution in [3.8, 4) is 0 Å². The molecule has 1 aliphatic rings. The van der Waals surface area contributed by atoms with Crippen molar-refractivity contribution >= 4 is 23.5 Å². The molecule has 66 valence electrons. The molecule has 0 aromatic heterocycles. The molecule has 8 heteroatoms. The quantitative estimate of drug-likeness (QED) is 0.568. The van der Waals surface area contributed by atoms with Gasteiger partial charge in [0.15, 0.2) is 0 Å². The average Bonchev–Trinajstić information content (AvgIpc) is 1.66. The molecule has 0 aromatic carbocycles. The van der Waals surface area contributed by atoms with Crippen LogP contribution in [0.2, 0.25) is 0 Å². The Hall–Kier alpha value is 0.280. The molecule has 0 atom stereocenters. The molecule has 0 spiro atoms. The lowest BCUT2D eigenvalue weighted by molar-refractivity contribution is -0.0803. The normalized spacial score (nSPS) is 32.2. The fourth-order valence-electron chi connectivity index (χ4n) is 0.438. The Morgan fingerprint density at radius 1 is 0.636 bits per heavy atom. The van der Waals surface area contributed by atoms with Crippen molar-refractivity contribution in [2.45, 2.75) is 15.1 Å². The third-order valence-corrected chi connectivity index (χ3v) is 2.96. The second-order valence-electron chi connectivity index (χ2n) is 1.70. The van der Waals surface area contributed by atoms with E-state index in [-0.39, 0.29) is 0 Å². The largest absolute Gasteiger partial charge is 0.372 e. The summed E-state index contributed by atoms with van der Waals surface area (Å²) >= 11 is -2.64. The summed E-state index contributed by atoms with van der Waals surface area (Å²) in [6.45, 7) is 0. The second-order valence-corrected chi connectivity index (χ2v) is 4.42. The lowest BCUT2D eigenvalue weighted by Crippen LogP contribution is -2.28. The van der Waals surface area contributed by atoms with Crippen LogP contribution in [0.5, 0.6) is 0 Å². The summed E-state index contributed by atoms with van der Waals surface area (Å²) < 4.78 is 67.4. The van der Waals surface area contributed by atoms with Crippen molar-refractivity contribution in [1.82, 2.24) is 0 Å². The fraction of sp³-hybridized carbons (Fsp3) is 1.00. The molecular weight excluding hydrogens is 214 g/mol. The first-order valence-corrected chi connectivity index (χ1v) is 3.83. The van der Waals surface area contributed by atoms with Crippen LogP contribution in [0.1, 0.15) is 0 Å². The van der Waals surface area contributed by atoms with Gasteiger partial charge in [-0.25, -0.2) is 0 Å². The van der Waals surface area contributed by atoms with E-state index in [9.17, 15) is 26.3 Å². The summed E-state index contributed by atoms with van der Waals surface area (Å²) in [7, 11) is 0. The molecule has 1 rings (SSSR count). The highest BCUT2D eigenvalue weighted by atomic mass is 32.2. The first-order valence-electron chi connectivity index (χ1n) is 2.20. The maximum atomic E-state index is 11.9. The van der Waals surface area contributed by atoms with Gasteiger partial charge in [-0.05, 0) is 0 Å². The van der Waals surface area contributed by atoms with E-state index in [2.05, 4.69) is 0 Å². The topological polar surface area (TPSA) is 0 Å². The molecule has 0 nitrogen and oxygen atoms in total. The maximum absolute atomic E-state index is 11.9.